The lowest BCUT2D eigenvalue weighted by molar-refractivity contribution is -0.119. The molecule has 7 heteroatoms. The summed E-state index contributed by atoms with van der Waals surface area (Å²) >= 11 is 6.19. The van der Waals surface area contributed by atoms with Crippen LogP contribution < -0.4 is 10.2 Å². The Morgan fingerprint density at radius 2 is 1.90 bits per heavy atom. The van der Waals surface area contributed by atoms with Gasteiger partial charge in [-0.2, -0.15) is 5.10 Å². The van der Waals surface area contributed by atoms with E-state index in [1.54, 1.807) is 23.1 Å². The average Bonchev–Trinajstić information content (AvgIpc) is 3.07. The van der Waals surface area contributed by atoms with Crippen molar-refractivity contribution in [3.63, 3.8) is 0 Å². The number of halogens is 1. The molecule has 0 saturated heterocycles. The number of aryl methyl sites for hydroxylation is 3. The SMILES string of the molecule is Cc1ccc(NC(=O)c2ccc(CN3C(=O)CCn4nc(C)cc43)cc2)c(Cl)c1. The van der Waals surface area contributed by atoms with Crippen molar-refractivity contribution in [3.8, 4) is 0 Å². The number of nitrogens with zero attached hydrogens (tertiary/aromatic N) is 3. The van der Waals surface area contributed by atoms with Crippen molar-refractivity contribution in [2.24, 2.45) is 0 Å². The number of aromatic nitrogens is 2. The second kappa shape index (κ2) is 7.72. The fraction of sp³-hybridized carbons (Fsp3) is 0.227. The zero-order valence-electron chi connectivity index (χ0n) is 16.3. The topological polar surface area (TPSA) is 67.2 Å². The highest BCUT2D eigenvalue weighted by atomic mass is 35.5. The van der Waals surface area contributed by atoms with Gasteiger partial charge in [-0.15, -0.1) is 0 Å². The molecule has 1 aromatic heterocycles. The predicted molar refractivity (Wildman–Crippen MR) is 113 cm³/mol. The van der Waals surface area contributed by atoms with E-state index in [-0.39, 0.29) is 11.8 Å². The van der Waals surface area contributed by atoms with E-state index >= 15 is 0 Å². The molecule has 0 bridgehead atoms. The van der Waals surface area contributed by atoms with Crippen molar-refractivity contribution in [2.45, 2.75) is 33.4 Å². The van der Waals surface area contributed by atoms with Gasteiger partial charge in [0.05, 0.1) is 29.5 Å². The summed E-state index contributed by atoms with van der Waals surface area (Å²) < 4.78 is 1.86. The number of hydrogen-bond donors (Lipinski definition) is 1. The molecule has 0 fully saturated rings. The molecule has 29 heavy (non-hydrogen) atoms. The van der Waals surface area contributed by atoms with E-state index in [9.17, 15) is 9.59 Å². The van der Waals surface area contributed by atoms with Gasteiger partial charge < -0.3 is 5.32 Å². The second-order valence-electron chi connectivity index (χ2n) is 7.23. The number of carbonyl (C=O) groups excluding carboxylic acids is 2. The van der Waals surface area contributed by atoms with Crippen LogP contribution in [-0.4, -0.2) is 21.6 Å². The number of carbonyl (C=O) groups is 2. The zero-order valence-corrected chi connectivity index (χ0v) is 17.0. The lowest BCUT2D eigenvalue weighted by Gasteiger charge is -2.27. The van der Waals surface area contributed by atoms with Crippen LogP contribution in [0.4, 0.5) is 11.5 Å². The van der Waals surface area contributed by atoms with E-state index < -0.39 is 0 Å². The van der Waals surface area contributed by atoms with Gasteiger partial charge in [0.2, 0.25) is 5.91 Å². The maximum atomic E-state index is 12.5. The molecule has 0 saturated carbocycles. The lowest BCUT2D eigenvalue weighted by atomic mass is 10.1. The van der Waals surface area contributed by atoms with Gasteiger partial charge in [-0.1, -0.05) is 29.8 Å². The number of nitrogens with one attached hydrogen (secondary N) is 1. The first kappa shape index (κ1) is 19.2. The molecule has 2 amide bonds. The summed E-state index contributed by atoms with van der Waals surface area (Å²) in [6, 6.07) is 14.6. The fourth-order valence-corrected chi connectivity index (χ4v) is 3.69. The number of rotatable bonds is 4. The Labute approximate surface area is 174 Å². The quantitative estimate of drug-likeness (QED) is 0.698. The Kier molecular flexibility index (Phi) is 5.11. The average molecular weight is 409 g/mol. The van der Waals surface area contributed by atoms with Gasteiger partial charge in [-0.25, -0.2) is 4.68 Å². The second-order valence-corrected chi connectivity index (χ2v) is 7.64. The van der Waals surface area contributed by atoms with Crippen LogP contribution in [0.15, 0.2) is 48.5 Å². The minimum atomic E-state index is -0.231. The van der Waals surface area contributed by atoms with Crippen LogP contribution in [0, 0.1) is 13.8 Å². The van der Waals surface area contributed by atoms with E-state index in [0.29, 0.717) is 35.8 Å². The number of benzene rings is 2. The molecular weight excluding hydrogens is 388 g/mol. The molecule has 148 valence electrons. The first-order valence-corrected chi connectivity index (χ1v) is 9.80. The third-order valence-corrected chi connectivity index (χ3v) is 5.24. The Balaban J connectivity index is 1.48. The predicted octanol–water partition coefficient (Wildman–Crippen LogP) is 4.34. The minimum absolute atomic E-state index is 0.0771. The Morgan fingerprint density at radius 3 is 2.62 bits per heavy atom. The molecule has 2 heterocycles. The summed E-state index contributed by atoms with van der Waals surface area (Å²) in [6.07, 6.45) is 0.436. The van der Waals surface area contributed by atoms with Crippen molar-refractivity contribution in [2.75, 3.05) is 10.2 Å². The summed E-state index contributed by atoms with van der Waals surface area (Å²) in [5.74, 6) is 0.660. The smallest absolute Gasteiger partial charge is 0.255 e. The lowest BCUT2D eigenvalue weighted by Crippen LogP contribution is -2.36. The van der Waals surface area contributed by atoms with E-state index in [0.717, 1.165) is 22.6 Å². The summed E-state index contributed by atoms with van der Waals surface area (Å²) in [5, 5.41) is 7.76. The normalized spacial score (nSPS) is 13.3. The highest BCUT2D eigenvalue weighted by molar-refractivity contribution is 6.34. The fourth-order valence-electron chi connectivity index (χ4n) is 3.41. The molecule has 0 aliphatic carbocycles. The third-order valence-electron chi connectivity index (χ3n) is 4.93. The molecule has 0 radical (unpaired) electrons. The molecule has 1 N–H and O–H groups in total. The number of amides is 2. The van der Waals surface area contributed by atoms with Gasteiger partial charge in [0.25, 0.3) is 5.91 Å². The van der Waals surface area contributed by atoms with Crippen molar-refractivity contribution in [1.82, 2.24) is 9.78 Å². The molecule has 0 unspecified atom stereocenters. The van der Waals surface area contributed by atoms with E-state index in [4.69, 9.17) is 11.6 Å². The molecule has 4 rings (SSSR count). The van der Waals surface area contributed by atoms with Crippen molar-refractivity contribution >= 4 is 34.9 Å². The van der Waals surface area contributed by atoms with Crippen LogP contribution in [0.5, 0.6) is 0 Å². The van der Waals surface area contributed by atoms with Crippen molar-refractivity contribution in [3.05, 3.63) is 75.9 Å². The van der Waals surface area contributed by atoms with Gasteiger partial charge in [0, 0.05) is 18.1 Å². The minimum Gasteiger partial charge on any atom is -0.321 e. The Morgan fingerprint density at radius 1 is 1.14 bits per heavy atom. The molecular formula is C22H21ClN4O2. The standard InChI is InChI=1S/C22H21ClN4O2/c1-14-3-8-19(18(23)11-14)24-22(29)17-6-4-16(5-7-17)13-26-20-12-15(2)25-27(20)10-9-21(26)28/h3-8,11-12H,9-10,13H2,1-2H3,(H,24,29). The monoisotopic (exact) mass is 408 g/mol. The highest BCUT2D eigenvalue weighted by Crippen LogP contribution is 2.25. The Hall–Kier alpha value is -3.12. The first-order chi connectivity index (χ1) is 13.9. The Bertz CT molecular complexity index is 1090. The van der Waals surface area contributed by atoms with Crippen LogP contribution in [-0.2, 0) is 17.9 Å². The summed E-state index contributed by atoms with van der Waals surface area (Å²) in [4.78, 5) is 26.7. The van der Waals surface area contributed by atoms with Crippen LogP contribution in [0.2, 0.25) is 5.02 Å². The first-order valence-electron chi connectivity index (χ1n) is 9.42. The molecule has 3 aromatic rings. The molecule has 0 atom stereocenters. The molecule has 1 aliphatic heterocycles. The maximum Gasteiger partial charge on any atom is 0.255 e. The van der Waals surface area contributed by atoms with Crippen LogP contribution in [0.25, 0.3) is 0 Å². The molecule has 1 aliphatic rings. The number of hydrogen-bond acceptors (Lipinski definition) is 3. The summed E-state index contributed by atoms with van der Waals surface area (Å²) in [6.45, 7) is 4.91. The highest BCUT2D eigenvalue weighted by Gasteiger charge is 2.25. The van der Waals surface area contributed by atoms with Crippen molar-refractivity contribution in [1.29, 1.82) is 0 Å². The van der Waals surface area contributed by atoms with Crippen LogP contribution >= 0.6 is 11.6 Å². The van der Waals surface area contributed by atoms with E-state index in [1.807, 2.05) is 48.9 Å². The van der Waals surface area contributed by atoms with E-state index in [2.05, 4.69) is 10.4 Å². The van der Waals surface area contributed by atoms with Gasteiger partial charge in [0.1, 0.15) is 5.82 Å². The number of anilines is 2. The zero-order chi connectivity index (χ0) is 20.5. The van der Waals surface area contributed by atoms with Crippen molar-refractivity contribution < 1.29 is 9.59 Å². The maximum absolute atomic E-state index is 12.5. The number of fused-ring (bicyclic) bond motifs is 1. The van der Waals surface area contributed by atoms with Gasteiger partial charge in [-0.3, -0.25) is 14.5 Å². The molecule has 2 aromatic carbocycles. The van der Waals surface area contributed by atoms with Gasteiger partial charge >= 0.3 is 0 Å². The van der Waals surface area contributed by atoms with Crippen LogP contribution in [0.3, 0.4) is 0 Å². The third kappa shape index (κ3) is 4.03. The van der Waals surface area contributed by atoms with Gasteiger partial charge in [0.15, 0.2) is 0 Å². The van der Waals surface area contributed by atoms with E-state index in [1.165, 1.54) is 0 Å². The largest absolute Gasteiger partial charge is 0.321 e. The van der Waals surface area contributed by atoms with Gasteiger partial charge in [-0.05, 0) is 49.2 Å². The summed E-state index contributed by atoms with van der Waals surface area (Å²) in [5.41, 5.74) is 3.96. The summed E-state index contributed by atoms with van der Waals surface area (Å²) in [7, 11) is 0. The van der Waals surface area contributed by atoms with Crippen LogP contribution in [0.1, 0.15) is 33.6 Å². The molecule has 0 spiro atoms. The molecule has 6 nitrogen and oxygen atoms in total.